The standard InChI is InChI=1S/C16H25N6O5P.C9H14N5O4P.C7H13NO2.ClH.FH.V/c1-10(6-22-8-20-13-14(17)18-7-19-15(13)22)26-9-28(24,25)21-11(2)16(23)27-12-4-3-5-12;1-6(18-5-19(15,16)17)2-14-4-13-7-8(10)11-3-12-9(7)14;1-5(8)7(9)10-6-3-2-4-6;;;/h7-8,10-12H,3-6,9H2,1-2H3,(H2,17,18,19)(H2,21,24,25);3-4,6H,2,5H2,1H3,(H2,10,11,12)(H2,15,16,17);5-6H,2-4,8H2,1H3;2*1H;/t10-,11+;6-;;;;/m11..../s1/i/hT. The molecule has 0 aliphatic heterocycles. The Balaban J connectivity index is 0.000000487. The molecule has 2 aliphatic carbocycles. The number of imidazole rings is 2. The van der Waals surface area contributed by atoms with Crippen LogP contribution in [0.2, 0.25) is 0 Å². The molecule has 23 nitrogen and oxygen atoms in total. The van der Waals surface area contributed by atoms with Gasteiger partial charge in [-0.3, -0.25) is 23.4 Å². The Bertz CT molecular complexity index is 2070. The molecule has 10 N–H and O–H groups in total. The Hall–Kier alpha value is -3.38. The van der Waals surface area contributed by atoms with Gasteiger partial charge in [0, 0.05) is 18.6 Å². The number of carbonyl (C=O) groups excluding carboxylic acids is 2. The molecule has 5 atom stereocenters. The van der Waals surface area contributed by atoms with Crippen molar-refractivity contribution in [3.63, 3.8) is 0 Å². The molecule has 2 fully saturated rings. The number of ether oxygens (including phenoxy) is 4. The first-order chi connectivity index (χ1) is 27.8. The minimum absolute atomic E-state index is 0. The smallest absolute Gasteiger partial charge is 0.350 e. The zero-order valence-corrected chi connectivity index (χ0v) is 37.4. The molecule has 2 saturated carbocycles. The second kappa shape index (κ2) is 24.9. The van der Waals surface area contributed by atoms with Crippen LogP contribution in [0.1, 0.15) is 66.2 Å². The number of esters is 2. The third-order valence-corrected chi connectivity index (χ3v) is 10.4. The van der Waals surface area contributed by atoms with Gasteiger partial charge in [-0.05, 0) is 66.2 Å². The minimum atomic E-state index is -4.16. The molecular weight excluding hydrogens is 896 g/mol. The van der Waals surface area contributed by atoms with E-state index in [1.165, 1.54) is 32.3 Å². The molecule has 6 rings (SSSR count). The molecule has 60 heavy (non-hydrogen) atoms. The van der Waals surface area contributed by atoms with Crippen LogP contribution in [0.4, 0.5) is 16.4 Å². The number of carbonyl (C=O) groups is 2. The fourth-order valence-electron chi connectivity index (χ4n) is 5.08. The van der Waals surface area contributed by atoms with Crippen molar-refractivity contribution in [1.29, 1.82) is 1.45 Å². The molecule has 2 unspecified atom stereocenters. The van der Waals surface area contributed by atoms with Crippen LogP contribution < -0.4 is 22.3 Å². The Morgan fingerprint density at radius 2 is 1.22 bits per heavy atom. The summed E-state index contributed by atoms with van der Waals surface area (Å²) in [6, 6.07) is -1.37. The molecule has 337 valence electrons. The topological polar surface area (TPSA) is 343 Å². The van der Waals surface area contributed by atoms with Gasteiger partial charge in [0.15, 0.2) is 22.9 Å². The Kier molecular flexibility index (Phi) is 21.9. The maximum absolute atomic E-state index is 12.3. The molecule has 0 bridgehead atoms. The van der Waals surface area contributed by atoms with Crippen molar-refractivity contribution in [3.8, 4) is 0 Å². The number of nitrogens with zero attached hydrogens (tertiary/aromatic N) is 8. The van der Waals surface area contributed by atoms with Crippen LogP contribution in [-0.4, -0.2) is 116 Å². The fourth-order valence-corrected chi connectivity index (χ4v) is 6.77. The van der Waals surface area contributed by atoms with Crippen LogP contribution in [0.15, 0.2) is 25.3 Å². The largest absolute Gasteiger partial charge is 0.461 e. The minimum Gasteiger partial charge on any atom is -0.461 e. The SMILES string of the molecule is CC(N)C(=O)OC1CCC1.C[C@H](Cn1cnc2c(N)ncnc21)OCP(=O)(O)N[C@@H](C)C(=O)OC1CCC1.C[C@H](Cn1cnc2c(N)ncnc21)OCP(=O)(O)O.Cl.[3H]F.[V]. The number of nitrogen functional groups attached to an aromatic ring is 2. The molecule has 0 aromatic carbocycles. The molecule has 0 saturated heterocycles. The summed E-state index contributed by atoms with van der Waals surface area (Å²) in [7, 11) is -8.04. The molecule has 0 spiro atoms. The molecule has 1 radical (unpaired) electrons. The maximum Gasteiger partial charge on any atom is 0.350 e. The van der Waals surface area contributed by atoms with E-state index in [9.17, 15) is 23.6 Å². The molecule has 28 heteroatoms. The third kappa shape index (κ3) is 17.2. The van der Waals surface area contributed by atoms with Gasteiger partial charge in [0.05, 0.1) is 38.0 Å². The molecular formula is C32H54ClFN12O11P2V. The van der Waals surface area contributed by atoms with Crippen molar-refractivity contribution in [3.05, 3.63) is 25.3 Å². The summed E-state index contributed by atoms with van der Waals surface area (Å²) in [6.07, 6.45) is 9.91. The van der Waals surface area contributed by atoms with Crippen LogP contribution in [0.3, 0.4) is 0 Å². The number of nitrogens with two attached hydrogens (primary N) is 3. The summed E-state index contributed by atoms with van der Waals surface area (Å²) in [6.45, 7) is 7.30. The second-order valence-corrected chi connectivity index (χ2v) is 17.4. The van der Waals surface area contributed by atoms with E-state index in [1.807, 2.05) is 0 Å². The number of rotatable bonds is 16. The van der Waals surface area contributed by atoms with Gasteiger partial charge < -0.3 is 60.0 Å². The van der Waals surface area contributed by atoms with Crippen LogP contribution in [0.5, 0.6) is 0 Å². The first kappa shape index (κ1) is 52.8. The maximum atomic E-state index is 12.3. The molecule has 4 aromatic rings. The molecule has 0 amide bonds. The van der Waals surface area contributed by atoms with Gasteiger partial charge in [-0.2, -0.15) is 0 Å². The number of fused-ring (bicyclic) bond motifs is 2. The number of hydrogen-bond donors (Lipinski definition) is 7. The number of hydrogen-bond acceptors (Lipinski definition) is 17. The van der Waals surface area contributed by atoms with Gasteiger partial charge in [-0.25, -0.2) is 35.0 Å². The quantitative estimate of drug-likeness (QED) is 0.0623. The van der Waals surface area contributed by atoms with Crippen molar-refractivity contribution < 1.29 is 75.6 Å². The van der Waals surface area contributed by atoms with E-state index in [2.05, 4.69) is 36.4 Å². The first-order valence-electron chi connectivity index (χ1n) is 18.6. The van der Waals surface area contributed by atoms with Crippen molar-refractivity contribution in [2.75, 3.05) is 24.2 Å². The summed E-state index contributed by atoms with van der Waals surface area (Å²) in [5.41, 5.74) is 18.8. The van der Waals surface area contributed by atoms with Gasteiger partial charge in [0.1, 0.15) is 60.7 Å². The van der Waals surface area contributed by atoms with E-state index in [0.717, 1.165) is 32.1 Å². The monoisotopic (exact) mass is 951 g/mol. The van der Waals surface area contributed by atoms with E-state index in [4.69, 9.17) is 50.7 Å². The van der Waals surface area contributed by atoms with Crippen LogP contribution in [0.25, 0.3) is 22.3 Å². The van der Waals surface area contributed by atoms with E-state index < -0.39 is 58.1 Å². The van der Waals surface area contributed by atoms with E-state index in [-0.39, 0.29) is 60.8 Å². The van der Waals surface area contributed by atoms with Crippen molar-refractivity contribution >= 4 is 73.4 Å². The zero-order chi connectivity index (χ0) is 43.9. The van der Waals surface area contributed by atoms with Gasteiger partial charge in [-0.1, -0.05) is 0 Å². The summed E-state index contributed by atoms with van der Waals surface area (Å²) >= 11 is 0. The van der Waals surface area contributed by atoms with Crippen molar-refractivity contribution in [1.82, 2.24) is 44.1 Å². The van der Waals surface area contributed by atoms with Crippen LogP contribution >= 0.6 is 27.5 Å². The van der Waals surface area contributed by atoms with Gasteiger partial charge in [-0.15, -0.1) is 12.4 Å². The fraction of sp³-hybridized carbons (Fsp3) is 0.625. The second-order valence-electron chi connectivity index (χ2n) is 13.9. The molecule has 4 heterocycles. The first-order valence-corrected chi connectivity index (χ1v) is 21.8. The van der Waals surface area contributed by atoms with Crippen LogP contribution in [-0.2, 0) is 69.3 Å². The number of anilines is 2. The van der Waals surface area contributed by atoms with E-state index >= 15 is 0 Å². The number of nitrogens with one attached hydrogen (secondary N) is 1. The Labute approximate surface area is 364 Å². The van der Waals surface area contributed by atoms with E-state index in [0.29, 0.717) is 35.4 Å². The van der Waals surface area contributed by atoms with Gasteiger partial charge in [0.25, 0.3) is 8.97 Å². The molecule has 2 aliphatic rings. The van der Waals surface area contributed by atoms with E-state index in [1.54, 1.807) is 36.2 Å². The number of halogens is 2. The predicted molar refractivity (Wildman–Crippen MR) is 216 cm³/mol. The normalized spacial score (nSPS) is 16.9. The average Bonchev–Trinajstić information content (AvgIpc) is 3.75. The third-order valence-electron chi connectivity index (χ3n) is 8.62. The summed E-state index contributed by atoms with van der Waals surface area (Å²) in [4.78, 5) is 74.4. The summed E-state index contributed by atoms with van der Waals surface area (Å²) < 4.78 is 60.2. The number of aromatic nitrogens is 8. The predicted octanol–water partition coefficient (Wildman–Crippen LogP) is 1.98. The van der Waals surface area contributed by atoms with Gasteiger partial charge >= 0.3 is 19.5 Å². The summed E-state index contributed by atoms with van der Waals surface area (Å²) in [5.74, 6) is -0.240. The molecule has 4 aromatic heterocycles. The average molecular weight is 952 g/mol. The Morgan fingerprint density at radius 1 is 0.800 bits per heavy atom. The Morgan fingerprint density at radius 3 is 1.60 bits per heavy atom. The van der Waals surface area contributed by atoms with Crippen LogP contribution in [0, 0.1) is 0 Å². The van der Waals surface area contributed by atoms with Crippen molar-refractivity contribution in [2.45, 2.75) is 116 Å². The van der Waals surface area contributed by atoms with Gasteiger partial charge in [0.2, 0.25) is 0 Å². The van der Waals surface area contributed by atoms with Crippen molar-refractivity contribution in [2.24, 2.45) is 5.73 Å². The zero-order valence-electron chi connectivity index (χ0n) is 34.4. The summed E-state index contributed by atoms with van der Waals surface area (Å²) in [5, 5.41) is 2.42.